The van der Waals surface area contributed by atoms with Gasteiger partial charge < -0.3 is 14.8 Å². The summed E-state index contributed by atoms with van der Waals surface area (Å²) in [7, 11) is 1.72. The Morgan fingerprint density at radius 3 is 3.38 bits per heavy atom. The molecule has 1 saturated heterocycles. The van der Waals surface area contributed by atoms with E-state index in [4.69, 9.17) is 9.47 Å². The molecular weight excluding hydrogens is 224 g/mol. The quantitative estimate of drug-likeness (QED) is 0.767. The van der Waals surface area contributed by atoms with Crippen LogP contribution in [0, 0.1) is 5.92 Å². The van der Waals surface area contributed by atoms with Gasteiger partial charge in [-0.3, -0.25) is 0 Å². The second kappa shape index (κ2) is 6.30. The monoisotopic (exact) mass is 242 g/mol. The summed E-state index contributed by atoms with van der Waals surface area (Å²) in [6.07, 6.45) is 1.30. The highest BCUT2D eigenvalue weighted by atomic mass is 32.1. The van der Waals surface area contributed by atoms with Crippen LogP contribution < -0.4 is 5.32 Å². The van der Waals surface area contributed by atoms with Crippen LogP contribution in [0.25, 0.3) is 0 Å². The van der Waals surface area contributed by atoms with E-state index in [0.29, 0.717) is 5.92 Å². The Bertz CT molecular complexity index is 292. The zero-order valence-electron chi connectivity index (χ0n) is 9.52. The molecule has 1 aliphatic rings. The lowest BCUT2D eigenvalue weighted by Gasteiger charge is -2.17. The minimum atomic E-state index is 0.182. The van der Waals surface area contributed by atoms with E-state index in [0.717, 1.165) is 38.4 Å². The van der Waals surface area contributed by atoms with Crippen molar-refractivity contribution in [2.45, 2.75) is 12.5 Å². The van der Waals surface area contributed by atoms with Crippen LogP contribution in [-0.2, 0) is 9.47 Å². The Kier molecular flexibility index (Phi) is 4.71. The Hall–Kier alpha value is -0.490. The molecule has 0 amide bonds. The van der Waals surface area contributed by atoms with Gasteiger partial charge in [0.25, 0.3) is 0 Å². The molecule has 1 fully saturated rings. The molecule has 5 heteroatoms. The van der Waals surface area contributed by atoms with E-state index in [1.807, 2.05) is 5.51 Å². The Morgan fingerprint density at radius 2 is 2.62 bits per heavy atom. The van der Waals surface area contributed by atoms with Crippen LogP contribution >= 0.6 is 11.3 Å². The van der Waals surface area contributed by atoms with E-state index >= 15 is 0 Å². The average Bonchev–Trinajstić information content (AvgIpc) is 2.94. The van der Waals surface area contributed by atoms with Gasteiger partial charge in [0, 0.05) is 38.1 Å². The molecule has 0 aliphatic carbocycles. The maximum Gasteiger partial charge on any atom is 0.104 e. The molecule has 2 heterocycles. The minimum absolute atomic E-state index is 0.182. The van der Waals surface area contributed by atoms with Crippen LogP contribution in [0.1, 0.15) is 18.2 Å². The second-order valence-electron chi connectivity index (χ2n) is 3.95. The number of rotatable bonds is 6. The molecule has 0 aromatic carbocycles. The zero-order chi connectivity index (χ0) is 11.2. The van der Waals surface area contributed by atoms with Crippen molar-refractivity contribution < 1.29 is 9.47 Å². The topological polar surface area (TPSA) is 43.4 Å². The SMILES string of the molecule is COCCNCC1CCOC1c1cscn1. The summed E-state index contributed by atoms with van der Waals surface area (Å²) in [4.78, 5) is 4.33. The zero-order valence-corrected chi connectivity index (χ0v) is 10.3. The predicted octanol–water partition coefficient (Wildman–Crippen LogP) is 1.46. The van der Waals surface area contributed by atoms with Gasteiger partial charge in [0.05, 0.1) is 17.8 Å². The van der Waals surface area contributed by atoms with Crippen LogP contribution in [0.15, 0.2) is 10.9 Å². The lowest BCUT2D eigenvalue weighted by atomic mass is 10.00. The van der Waals surface area contributed by atoms with Crippen LogP contribution in [0.5, 0.6) is 0 Å². The average molecular weight is 242 g/mol. The van der Waals surface area contributed by atoms with Crippen LogP contribution in [0.4, 0.5) is 0 Å². The molecule has 1 aromatic rings. The van der Waals surface area contributed by atoms with Crippen molar-refractivity contribution in [3.8, 4) is 0 Å². The van der Waals surface area contributed by atoms with E-state index in [2.05, 4.69) is 15.7 Å². The van der Waals surface area contributed by atoms with Crippen molar-refractivity contribution in [2.75, 3.05) is 33.4 Å². The van der Waals surface area contributed by atoms with Crippen molar-refractivity contribution in [3.63, 3.8) is 0 Å². The van der Waals surface area contributed by atoms with Crippen molar-refractivity contribution in [2.24, 2.45) is 5.92 Å². The highest BCUT2D eigenvalue weighted by molar-refractivity contribution is 7.07. The van der Waals surface area contributed by atoms with E-state index in [-0.39, 0.29) is 6.10 Å². The van der Waals surface area contributed by atoms with Crippen molar-refractivity contribution in [1.82, 2.24) is 10.3 Å². The molecule has 2 unspecified atom stereocenters. The predicted molar refractivity (Wildman–Crippen MR) is 63.7 cm³/mol. The molecule has 2 atom stereocenters. The van der Waals surface area contributed by atoms with Crippen LogP contribution in [0.2, 0.25) is 0 Å². The molecule has 0 saturated carbocycles. The smallest absolute Gasteiger partial charge is 0.104 e. The van der Waals surface area contributed by atoms with Gasteiger partial charge in [0.2, 0.25) is 0 Å². The molecule has 1 N–H and O–H groups in total. The Morgan fingerprint density at radius 1 is 1.69 bits per heavy atom. The van der Waals surface area contributed by atoms with Gasteiger partial charge >= 0.3 is 0 Å². The van der Waals surface area contributed by atoms with Gasteiger partial charge in [-0.1, -0.05) is 0 Å². The largest absolute Gasteiger partial charge is 0.383 e. The molecule has 90 valence electrons. The number of aromatic nitrogens is 1. The normalized spacial score (nSPS) is 25.1. The fraction of sp³-hybridized carbons (Fsp3) is 0.727. The third-order valence-electron chi connectivity index (χ3n) is 2.85. The van der Waals surface area contributed by atoms with Gasteiger partial charge in [-0.05, 0) is 6.42 Å². The number of hydrogen-bond donors (Lipinski definition) is 1. The number of methoxy groups -OCH3 is 1. The second-order valence-corrected chi connectivity index (χ2v) is 4.67. The number of nitrogens with one attached hydrogen (secondary N) is 1. The number of thiazole rings is 1. The summed E-state index contributed by atoms with van der Waals surface area (Å²) in [6, 6.07) is 0. The highest BCUT2D eigenvalue weighted by Gasteiger charge is 2.30. The van der Waals surface area contributed by atoms with Crippen molar-refractivity contribution in [3.05, 3.63) is 16.6 Å². The number of ether oxygens (including phenoxy) is 2. The van der Waals surface area contributed by atoms with Crippen LogP contribution in [-0.4, -0.2) is 38.4 Å². The Balaban J connectivity index is 1.80. The first-order valence-corrected chi connectivity index (χ1v) is 6.55. The summed E-state index contributed by atoms with van der Waals surface area (Å²) in [5.74, 6) is 0.541. The van der Waals surface area contributed by atoms with E-state index in [1.54, 1.807) is 18.4 Å². The lowest BCUT2D eigenvalue weighted by Crippen LogP contribution is -2.27. The third-order valence-corrected chi connectivity index (χ3v) is 3.45. The molecule has 2 rings (SSSR count). The molecule has 0 radical (unpaired) electrons. The highest BCUT2D eigenvalue weighted by Crippen LogP contribution is 2.33. The Labute approximate surface area is 100.0 Å². The van der Waals surface area contributed by atoms with Crippen molar-refractivity contribution >= 4 is 11.3 Å². The summed E-state index contributed by atoms with van der Waals surface area (Å²) in [6.45, 7) is 3.48. The van der Waals surface area contributed by atoms with Gasteiger partial charge in [-0.2, -0.15) is 0 Å². The molecule has 4 nitrogen and oxygen atoms in total. The van der Waals surface area contributed by atoms with Gasteiger partial charge in [0.15, 0.2) is 0 Å². The molecule has 1 aliphatic heterocycles. The van der Waals surface area contributed by atoms with E-state index < -0.39 is 0 Å². The summed E-state index contributed by atoms with van der Waals surface area (Å²) >= 11 is 1.63. The molecule has 16 heavy (non-hydrogen) atoms. The van der Waals surface area contributed by atoms with Gasteiger partial charge in [-0.15, -0.1) is 11.3 Å². The van der Waals surface area contributed by atoms with Gasteiger partial charge in [0.1, 0.15) is 6.10 Å². The van der Waals surface area contributed by atoms with E-state index in [9.17, 15) is 0 Å². The molecule has 0 bridgehead atoms. The first-order valence-electron chi connectivity index (χ1n) is 5.61. The first kappa shape index (κ1) is 12.0. The standard InChI is InChI=1S/C11H18N2O2S/c1-14-5-3-12-6-9-2-4-15-11(9)10-7-16-8-13-10/h7-9,11-12H,2-6H2,1H3. The fourth-order valence-electron chi connectivity index (χ4n) is 1.99. The third kappa shape index (κ3) is 3.01. The summed E-state index contributed by atoms with van der Waals surface area (Å²) < 4.78 is 10.7. The fourth-order valence-corrected chi connectivity index (χ4v) is 2.57. The summed E-state index contributed by atoms with van der Waals surface area (Å²) in [5.41, 5.74) is 2.95. The summed E-state index contributed by atoms with van der Waals surface area (Å²) in [5, 5.41) is 5.47. The maximum atomic E-state index is 5.74. The van der Waals surface area contributed by atoms with Gasteiger partial charge in [-0.25, -0.2) is 4.98 Å². The number of nitrogens with zero attached hydrogens (tertiary/aromatic N) is 1. The molecule has 0 spiro atoms. The number of hydrogen-bond acceptors (Lipinski definition) is 5. The first-order chi connectivity index (χ1) is 7.92. The van der Waals surface area contributed by atoms with E-state index in [1.165, 1.54) is 0 Å². The lowest BCUT2D eigenvalue weighted by molar-refractivity contribution is 0.0869. The van der Waals surface area contributed by atoms with Crippen molar-refractivity contribution in [1.29, 1.82) is 0 Å². The van der Waals surface area contributed by atoms with Crippen LogP contribution in [0.3, 0.4) is 0 Å². The minimum Gasteiger partial charge on any atom is -0.383 e. The molecular formula is C11H18N2O2S. The molecule has 1 aromatic heterocycles. The maximum absolute atomic E-state index is 5.74.